The maximum Gasteiger partial charge on any atom is 0.232 e. The van der Waals surface area contributed by atoms with Crippen molar-refractivity contribution in [3.63, 3.8) is 0 Å². The molecule has 0 saturated heterocycles. The molecule has 3 heterocycles. The molecule has 0 radical (unpaired) electrons. The topological polar surface area (TPSA) is 131 Å². The monoisotopic (exact) mass is 479 g/mol. The molecule has 3 aromatic heterocycles. The molecule has 1 aromatic carbocycles. The van der Waals surface area contributed by atoms with Gasteiger partial charge >= 0.3 is 0 Å². The van der Waals surface area contributed by atoms with Gasteiger partial charge in [0.15, 0.2) is 5.82 Å². The van der Waals surface area contributed by atoms with Crippen LogP contribution in [-0.2, 0) is 10.0 Å². The van der Waals surface area contributed by atoms with E-state index in [0.717, 1.165) is 6.26 Å². The summed E-state index contributed by atoms with van der Waals surface area (Å²) in [5, 5.41) is 10.8. The molecule has 4 aromatic rings. The third-order valence-electron chi connectivity index (χ3n) is 5.09. The highest BCUT2D eigenvalue weighted by atomic mass is 32.2. The fourth-order valence-corrected chi connectivity index (χ4v) is 3.76. The SMILES string of the molecule is C=Cc1cnc(Nc2ccn(C(C)C)n2)nc1Nc1ccc2nccnc2c1N(C)S(C)(=O)=O. The summed E-state index contributed by atoms with van der Waals surface area (Å²) in [5.74, 6) is 1.35. The zero-order valence-corrected chi connectivity index (χ0v) is 20.1. The van der Waals surface area contributed by atoms with Crippen molar-refractivity contribution in [2.75, 3.05) is 28.2 Å². The second-order valence-electron chi connectivity index (χ2n) is 7.84. The summed E-state index contributed by atoms with van der Waals surface area (Å²) in [4.78, 5) is 17.6. The summed E-state index contributed by atoms with van der Waals surface area (Å²) < 4.78 is 27.8. The predicted octanol–water partition coefficient (Wildman–Crippen LogP) is 3.72. The lowest BCUT2D eigenvalue weighted by atomic mass is 10.2. The summed E-state index contributed by atoms with van der Waals surface area (Å²) in [5.41, 5.74) is 2.47. The standard InChI is InChI=1S/C22H25N9O2S/c1-6-15-13-25-22(27-18-9-12-31(29-18)14(2)3)28-21(15)26-17-8-7-16-19(24-11-10-23-16)20(17)30(4)34(5,32)33/h6-14H,1H2,2-5H3,(H2,25,26,27,28,29). The number of hydrogen-bond acceptors (Lipinski definition) is 9. The van der Waals surface area contributed by atoms with E-state index in [0.29, 0.717) is 45.6 Å². The van der Waals surface area contributed by atoms with Gasteiger partial charge in [-0.05, 0) is 26.0 Å². The highest BCUT2D eigenvalue weighted by Crippen LogP contribution is 2.35. The van der Waals surface area contributed by atoms with Crippen LogP contribution >= 0.6 is 0 Å². The Balaban J connectivity index is 1.76. The van der Waals surface area contributed by atoms with Crippen LogP contribution in [0.5, 0.6) is 0 Å². The minimum atomic E-state index is -3.58. The molecule has 0 aliphatic rings. The Hall–Kier alpha value is -4.06. The Bertz CT molecular complexity index is 1460. The van der Waals surface area contributed by atoms with E-state index < -0.39 is 10.0 Å². The van der Waals surface area contributed by atoms with Gasteiger partial charge in [0.2, 0.25) is 16.0 Å². The normalized spacial score (nSPS) is 11.6. The Morgan fingerprint density at radius 3 is 2.56 bits per heavy atom. The summed E-state index contributed by atoms with van der Waals surface area (Å²) in [7, 11) is -2.11. The molecule has 176 valence electrons. The largest absolute Gasteiger partial charge is 0.338 e. The summed E-state index contributed by atoms with van der Waals surface area (Å²) in [6.45, 7) is 7.90. The molecular formula is C22H25N9O2S. The van der Waals surface area contributed by atoms with Crippen molar-refractivity contribution < 1.29 is 8.42 Å². The number of nitrogens with zero attached hydrogens (tertiary/aromatic N) is 7. The van der Waals surface area contributed by atoms with E-state index in [1.54, 1.807) is 30.6 Å². The van der Waals surface area contributed by atoms with Gasteiger partial charge in [-0.3, -0.25) is 19.0 Å². The number of fused-ring (bicyclic) bond motifs is 1. The molecule has 0 amide bonds. The number of hydrogen-bond donors (Lipinski definition) is 2. The highest BCUT2D eigenvalue weighted by molar-refractivity contribution is 7.92. The third-order valence-corrected chi connectivity index (χ3v) is 6.27. The van der Waals surface area contributed by atoms with Gasteiger partial charge in [0.25, 0.3) is 0 Å². The molecule has 0 aliphatic carbocycles. The number of benzene rings is 1. The Morgan fingerprint density at radius 1 is 1.12 bits per heavy atom. The van der Waals surface area contributed by atoms with E-state index in [1.165, 1.54) is 17.5 Å². The molecule has 12 heteroatoms. The first kappa shape index (κ1) is 23.1. The van der Waals surface area contributed by atoms with E-state index in [9.17, 15) is 8.42 Å². The number of aromatic nitrogens is 6. The highest BCUT2D eigenvalue weighted by Gasteiger charge is 2.21. The number of anilines is 5. The molecule has 34 heavy (non-hydrogen) atoms. The van der Waals surface area contributed by atoms with Crippen LogP contribution < -0.4 is 14.9 Å². The van der Waals surface area contributed by atoms with Crippen LogP contribution in [0.1, 0.15) is 25.5 Å². The Morgan fingerprint density at radius 2 is 1.88 bits per heavy atom. The van der Waals surface area contributed by atoms with Crippen molar-refractivity contribution in [2.45, 2.75) is 19.9 Å². The molecule has 0 bridgehead atoms. The summed E-state index contributed by atoms with van der Waals surface area (Å²) in [6, 6.07) is 5.55. The first-order valence-electron chi connectivity index (χ1n) is 10.4. The van der Waals surface area contributed by atoms with Crippen LogP contribution in [0.2, 0.25) is 0 Å². The second-order valence-corrected chi connectivity index (χ2v) is 9.86. The van der Waals surface area contributed by atoms with Gasteiger partial charge in [-0.15, -0.1) is 0 Å². The molecule has 0 saturated carbocycles. The molecule has 0 atom stereocenters. The lowest BCUT2D eigenvalue weighted by Crippen LogP contribution is -2.26. The van der Waals surface area contributed by atoms with Crippen molar-refractivity contribution >= 4 is 56.1 Å². The smallest absolute Gasteiger partial charge is 0.232 e. The lowest BCUT2D eigenvalue weighted by Gasteiger charge is -2.22. The molecule has 4 rings (SSSR count). The molecular weight excluding hydrogens is 454 g/mol. The summed E-state index contributed by atoms with van der Waals surface area (Å²) >= 11 is 0. The van der Waals surface area contributed by atoms with Crippen LogP contribution in [0, 0.1) is 0 Å². The average Bonchev–Trinajstić information content (AvgIpc) is 3.27. The minimum Gasteiger partial charge on any atom is -0.338 e. The zero-order valence-electron chi connectivity index (χ0n) is 19.3. The van der Waals surface area contributed by atoms with Crippen LogP contribution in [0.4, 0.5) is 29.0 Å². The molecule has 11 nitrogen and oxygen atoms in total. The second kappa shape index (κ2) is 9.06. The van der Waals surface area contributed by atoms with Crippen LogP contribution in [0.3, 0.4) is 0 Å². The zero-order chi connectivity index (χ0) is 24.5. The molecule has 0 aliphatic heterocycles. The van der Waals surface area contributed by atoms with E-state index in [-0.39, 0.29) is 6.04 Å². The maximum absolute atomic E-state index is 12.4. The summed E-state index contributed by atoms with van der Waals surface area (Å²) in [6.07, 6.45) is 9.30. The van der Waals surface area contributed by atoms with Gasteiger partial charge < -0.3 is 10.6 Å². The van der Waals surface area contributed by atoms with E-state index >= 15 is 0 Å². The average molecular weight is 480 g/mol. The van der Waals surface area contributed by atoms with Crippen LogP contribution in [0.25, 0.3) is 17.1 Å². The first-order valence-corrected chi connectivity index (χ1v) is 12.3. The van der Waals surface area contributed by atoms with Crippen molar-refractivity contribution in [3.05, 3.63) is 55.1 Å². The van der Waals surface area contributed by atoms with Crippen molar-refractivity contribution in [1.29, 1.82) is 0 Å². The van der Waals surface area contributed by atoms with Gasteiger partial charge in [0.1, 0.15) is 17.0 Å². The number of rotatable bonds is 8. The van der Waals surface area contributed by atoms with Gasteiger partial charge in [-0.2, -0.15) is 10.1 Å². The van der Waals surface area contributed by atoms with Crippen LogP contribution in [-0.4, -0.2) is 51.4 Å². The van der Waals surface area contributed by atoms with E-state index in [2.05, 4.69) is 42.2 Å². The Labute approximate surface area is 197 Å². The predicted molar refractivity (Wildman–Crippen MR) is 134 cm³/mol. The molecule has 0 spiro atoms. The van der Waals surface area contributed by atoms with Gasteiger partial charge in [0.05, 0.1) is 17.5 Å². The fraction of sp³-hybridized carbons (Fsp3) is 0.227. The van der Waals surface area contributed by atoms with E-state index in [1.807, 2.05) is 30.8 Å². The number of nitrogens with one attached hydrogen (secondary N) is 2. The first-order chi connectivity index (χ1) is 16.2. The van der Waals surface area contributed by atoms with Gasteiger partial charge in [0, 0.05) is 49.5 Å². The number of sulfonamides is 1. The molecule has 0 unspecified atom stereocenters. The van der Waals surface area contributed by atoms with Crippen molar-refractivity contribution in [3.8, 4) is 0 Å². The van der Waals surface area contributed by atoms with E-state index in [4.69, 9.17) is 0 Å². The lowest BCUT2D eigenvalue weighted by molar-refractivity contribution is 0.534. The maximum atomic E-state index is 12.4. The molecule has 2 N–H and O–H groups in total. The minimum absolute atomic E-state index is 0.220. The Kier molecular flexibility index (Phi) is 6.16. The quantitative estimate of drug-likeness (QED) is 0.388. The van der Waals surface area contributed by atoms with Crippen molar-refractivity contribution in [2.24, 2.45) is 0 Å². The third kappa shape index (κ3) is 4.66. The molecule has 0 fully saturated rings. The van der Waals surface area contributed by atoms with Gasteiger partial charge in [-0.1, -0.05) is 12.7 Å². The van der Waals surface area contributed by atoms with Gasteiger partial charge in [-0.25, -0.2) is 13.4 Å². The van der Waals surface area contributed by atoms with Crippen molar-refractivity contribution in [1.82, 2.24) is 29.7 Å². The van der Waals surface area contributed by atoms with Crippen LogP contribution in [0.15, 0.2) is 49.6 Å². The fourth-order valence-electron chi connectivity index (χ4n) is 3.24.